The van der Waals surface area contributed by atoms with E-state index in [4.69, 9.17) is 16.7 Å². The summed E-state index contributed by atoms with van der Waals surface area (Å²) in [5.74, 6) is 0.261. The average Bonchev–Trinajstić information content (AvgIpc) is 3.23. The molecule has 6 heteroatoms. The topological polar surface area (TPSA) is 46.9 Å². The van der Waals surface area contributed by atoms with Gasteiger partial charge in [-0.3, -0.25) is 4.79 Å². The minimum atomic E-state index is -0.128. The molecule has 0 bridgehead atoms. The Kier molecular flexibility index (Phi) is 6.75. The molecule has 0 aliphatic heterocycles. The number of aryl methyl sites for hydroxylation is 1. The summed E-state index contributed by atoms with van der Waals surface area (Å²) < 4.78 is 1.90. The van der Waals surface area contributed by atoms with Crippen LogP contribution in [0.2, 0.25) is 0 Å². The van der Waals surface area contributed by atoms with E-state index in [-0.39, 0.29) is 5.91 Å². The number of rotatable bonds is 7. The summed E-state index contributed by atoms with van der Waals surface area (Å²) in [6.45, 7) is 2.53. The normalized spacial score (nSPS) is 10.8. The molecule has 0 aliphatic carbocycles. The fourth-order valence-electron chi connectivity index (χ4n) is 3.12. The van der Waals surface area contributed by atoms with E-state index < -0.39 is 0 Å². The van der Waals surface area contributed by atoms with Gasteiger partial charge in [-0.2, -0.15) is 5.10 Å². The Morgan fingerprint density at radius 3 is 2.39 bits per heavy atom. The van der Waals surface area contributed by atoms with Crippen molar-refractivity contribution in [3.8, 4) is 16.9 Å². The molecule has 4 aromatic rings. The lowest BCUT2D eigenvalue weighted by molar-refractivity contribution is 0.0956. The highest BCUT2D eigenvalue weighted by Crippen LogP contribution is 2.36. The van der Waals surface area contributed by atoms with Crippen molar-refractivity contribution in [3.05, 3.63) is 96.2 Å². The third-order valence-corrected chi connectivity index (χ3v) is 5.97. The summed E-state index contributed by atoms with van der Waals surface area (Å²) in [6.07, 6.45) is 2.05. The van der Waals surface area contributed by atoms with E-state index in [1.807, 2.05) is 59.3 Å². The van der Waals surface area contributed by atoms with Gasteiger partial charge in [0.15, 0.2) is 0 Å². The molecule has 0 atom stereocenters. The van der Waals surface area contributed by atoms with Crippen LogP contribution >= 0.6 is 23.4 Å². The van der Waals surface area contributed by atoms with E-state index in [2.05, 4.69) is 42.7 Å². The first-order chi connectivity index (χ1) is 15.1. The zero-order valence-electron chi connectivity index (χ0n) is 17.1. The molecular formula is C25H22ClN3OS. The molecule has 4 rings (SSSR count). The molecule has 1 N–H and O–H groups in total. The fourth-order valence-corrected chi connectivity index (χ4v) is 4.15. The number of nitrogens with one attached hydrogen (secondary N) is 1. The molecule has 0 saturated carbocycles. The molecule has 1 heterocycles. The monoisotopic (exact) mass is 447 g/mol. The highest BCUT2D eigenvalue weighted by atomic mass is 35.5. The van der Waals surface area contributed by atoms with Gasteiger partial charge < -0.3 is 5.32 Å². The lowest BCUT2D eigenvalue weighted by atomic mass is 10.1. The van der Waals surface area contributed by atoms with Gasteiger partial charge in [-0.05, 0) is 43.3 Å². The van der Waals surface area contributed by atoms with Crippen LogP contribution in [0.3, 0.4) is 0 Å². The average molecular weight is 448 g/mol. The van der Waals surface area contributed by atoms with Crippen LogP contribution in [0, 0.1) is 6.92 Å². The molecule has 4 nitrogen and oxygen atoms in total. The van der Waals surface area contributed by atoms with E-state index in [1.54, 1.807) is 11.8 Å². The van der Waals surface area contributed by atoms with Crippen LogP contribution in [0.1, 0.15) is 15.9 Å². The molecule has 1 amide bonds. The quantitative estimate of drug-likeness (QED) is 0.355. The van der Waals surface area contributed by atoms with Gasteiger partial charge in [-0.25, -0.2) is 4.68 Å². The summed E-state index contributed by atoms with van der Waals surface area (Å²) >= 11 is 7.33. The van der Waals surface area contributed by atoms with Gasteiger partial charge in [-0.15, -0.1) is 11.6 Å². The molecular weight excluding hydrogens is 426 g/mol. The second-order valence-corrected chi connectivity index (χ2v) is 8.55. The molecule has 3 aromatic carbocycles. The van der Waals surface area contributed by atoms with Gasteiger partial charge in [0.25, 0.3) is 5.91 Å². The first-order valence-corrected chi connectivity index (χ1v) is 11.3. The maximum Gasteiger partial charge on any atom is 0.251 e. The third-order valence-electron chi connectivity index (χ3n) is 4.75. The standard InChI is InChI=1S/C25H22ClN3OS/c1-18-7-13-22(14-8-18)31-23-17-29(21-5-3-2-4-6-21)28-24(23)19-9-11-20(12-10-19)25(30)27-16-15-26/h2-14,17H,15-16H2,1H3,(H,27,30). The van der Waals surface area contributed by atoms with E-state index in [0.717, 1.165) is 26.7 Å². The molecule has 156 valence electrons. The van der Waals surface area contributed by atoms with Gasteiger partial charge in [-0.1, -0.05) is 59.8 Å². The van der Waals surface area contributed by atoms with E-state index in [9.17, 15) is 4.79 Å². The maximum absolute atomic E-state index is 12.2. The predicted octanol–water partition coefficient (Wildman–Crippen LogP) is 5.97. The molecule has 0 radical (unpaired) electrons. The van der Waals surface area contributed by atoms with Crippen molar-refractivity contribution in [2.24, 2.45) is 0 Å². The van der Waals surface area contributed by atoms with E-state index >= 15 is 0 Å². The zero-order valence-corrected chi connectivity index (χ0v) is 18.7. The van der Waals surface area contributed by atoms with Gasteiger partial charge in [0, 0.05) is 34.6 Å². The van der Waals surface area contributed by atoms with Crippen molar-refractivity contribution in [3.63, 3.8) is 0 Å². The fraction of sp³-hybridized carbons (Fsp3) is 0.120. The van der Waals surface area contributed by atoms with Crippen LogP contribution in [-0.4, -0.2) is 28.1 Å². The Bertz CT molecular complexity index is 1160. The van der Waals surface area contributed by atoms with Gasteiger partial charge in [0.2, 0.25) is 0 Å². The van der Waals surface area contributed by atoms with E-state index in [1.165, 1.54) is 5.56 Å². The number of amides is 1. The Labute approximate surface area is 191 Å². The van der Waals surface area contributed by atoms with Crippen molar-refractivity contribution in [1.82, 2.24) is 15.1 Å². The number of halogens is 1. The molecule has 1 aromatic heterocycles. The number of hydrogen-bond donors (Lipinski definition) is 1. The second-order valence-electron chi connectivity index (χ2n) is 7.06. The summed E-state index contributed by atoms with van der Waals surface area (Å²) in [6, 6.07) is 26.0. The van der Waals surface area contributed by atoms with Crippen LogP contribution in [0.25, 0.3) is 16.9 Å². The minimum absolute atomic E-state index is 0.128. The van der Waals surface area contributed by atoms with Crippen molar-refractivity contribution >= 4 is 29.3 Å². The Balaban J connectivity index is 1.68. The van der Waals surface area contributed by atoms with Gasteiger partial charge in [0.1, 0.15) is 5.69 Å². The number of nitrogens with zero attached hydrogens (tertiary/aromatic N) is 2. The van der Waals surface area contributed by atoms with E-state index in [0.29, 0.717) is 18.0 Å². The third kappa shape index (κ3) is 5.19. The Morgan fingerprint density at radius 2 is 1.71 bits per heavy atom. The number of para-hydroxylation sites is 1. The number of hydrogen-bond acceptors (Lipinski definition) is 3. The first-order valence-electron chi connectivity index (χ1n) is 9.98. The van der Waals surface area contributed by atoms with Crippen LogP contribution in [0.4, 0.5) is 0 Å². The molecule has 0 unspecified atom stereocenters. The van der Waals surface area contributed by atoms with Gasteiger partial charge in [0.05, 0.1) is 10.6 Å². The lowest BCUT2D eigenvalue weighted by Crippen LogP contribution is -2.25. The first kappa shape index (κ1) is 21.2. The molecule has 0 saturated heterocycles. The van der Waals surface area contributed by atoms with Crippen molar-refractivity contribution in [1.29, 1.82) is 0 Å². The summed E-state index contributed by atoms with van der Waals surface area (Å²) in [7, 11) is 0. The Morgan fingerprint density at radius 1 is 1.00 bits per heavy atom. The van der Waals surface area contributed by atoms with Crippen LogP contribution in [0.15, 0.2) is 94.9 Å². The largest absolute Gasteiger partial charge is 0.351 e. The highest BCUT2D eigenvalue weighted by molar-refractivity contribution is 7.99. The molecule has 0 fully saturated rings. The molecule has 0 aliphatic rings. The molecule has 0 spiro atoms. The number of carbonyl (C=O) groups excluding carboxylic acids is 1. The second kappa shape index (κ2) is 9.86. The van der Waals surface area contributed by atoms with Crippen molar-refractivity contribution in [2.45, 2.75) is 16.7 Å². The minimum Gasteiger partial charge on any atom is -0.351 e. The summed E-state index contributed by atoms with van der Waals surface area (Å²) in [5.41, 5.74) is 4.66. The maximum atomic E-state index is 12.2. The van der Waals surface area contributed by atoms with Crippen LogP contribution in [-0.2, 0) is 0 Å². The van der Waals surface area contributed by atoms with Gasteiger partial charge >= 0.3 is 0 Å². The number of aromatic nitrogens is 2. The van der Waals surface area contributed by atoms with Crippen LogP contribution < -0.4 is 5.32 Å². The SMILES string of the molecule is Cc1ccc(Sc2cn(-c3ccccc3)nc2-c2ccc(C(=O)NCCCl)cc2)cc1. The number of carbonyl (C=O) groups is 1. The molecule has 31 heavy (non-hydrogen) atoms. The van der Waals surface area contributed by atoms with Crippen molar-refractivity contribution < 1.29 is 4.79 Å². The highest BCUT2D eigenvalue weighted by Gasteiger charge is 2.15. The van der Waals surface area contributed by atoms with Crippen LogP contribution in [0.5, 0.6) is 0 Å². The zero-order chi connectivity index (χ0) is 21.6. The summed E-state index contributed by atoms with van der Waals surface area (Å²) in [5, 5.41) is 7.65. The predicted molar refractivity (Wildman–Crippen MR) is 127 cm³/mol. The number of benzene rings is 3. The lowest BCUT2D eigenvalue weighted by Gasteiger charge is -2.06. The van der Waals surface area contributed by atoms with Crippen molar-refractivity contribution in [2.75, 3.05) is 12.4 Å². The summed E-state index contributed by atoms with van der Waals surface area (Å²) in [4.78, 5) is 14.4. The smallest absolute Gasteiger partial charge is 0.251 e. The number of alkyl halides is 1. The Hall–Kier alpha value is -3.02.